The van der Waals surface area contributed by atoms with Crippen LogP contribution in [0.15, 0.2) is 54.1 Å². The van der Waals surface area contributed by atoms with Gasteiger partial charge in [0, 0.05) is 17.1 Å². The van der Waals surface area contributed by atoms with Crippen molar-refractivity contribution in [1.82, 2.24) is 9.88 Å². The van der Waals surface area contributed by atoms with Gasteiger partial charge in [0.15, 0.2) is 0 Å². The molecule has 0 aliphatic carbocycles. The summed E-state index contributed by atoms with van der Waals surface area (Å²) in [5.74, 6) is -2.50. The van der Waals surface area contributed by atoms with Crippen molar-refractivity contribution >= 4 is 35.6 Å². The summed E-state index contributed by atoms with van der Waals surface area (Å²) in [5.41, 5.74) is 4.55. The summed E-state index contributed by atoms with van der Waals surface area (Å²) in [6.07, 6.45) is 1.46. The number of urea groups is 1. The number of aromatic carboxylic acids is 1. The smallest absolute Gasteiger partial charge is 0.336 e. The molecule has 1 aromatic heterocycles. The number of carboxylic acids is 1. The van der Waals surface area contributed by atoms with E-state index in [1.54, 1.807) is 50.2 Å². The van der Waals surface area contributed by atoms with Crippen LogP contribution in [0.4, 0.5) is 10.5 Å². The lowest BCUT2D eigenvalue weighted by Gasteiger charge is -2.27. The number of aromatic nitrogens is 1. The Kier molecular flexibility index (Phi) is 5.66. The minimum Gasteiger partial charge on any atom is -0.478 e. The molecule has 1 saturated heterocycles. The highest BCUT2D eigenvalue weighted by atomic mass is 16.4. The SMILES string of the molecule is Cc1ccccc1N1C(=O)NC(=O)/C(=C/c2cc(C)n(-c3cccc(C(=O)O)c3C)c2C)C1=O. The normalized spacial score (nSPS) is 15.1. The summed E-state index contributed by atoms with van der Waals surface area (Å²) < 4.78 is 1.88. The van der Waals surface area contributed by atoms with Crippen molar-refractivity contribution in [2.24, 2.45) is 0 Å². The first-order valence-electron chi connectivity index (χ1n) is 10.6. The minimum absolute atomic E-state index is 0.167. The van der Waals surface area contributed by atoms with Gasteiger partial charge < -0.3 is 9.67 Å². The molecular weight excluding hydrogens is 434 g/mol. The number of hydrogen-bond acceptors (Lipinski definition) is 4. The van der Waals surface area contributed by atoms with Gasteiger partial charge in [0.2, 0.25) is 0 Å². The van der Waals surface area contributed by atoms with E-state index in [9.17, 15) is 24.3 Å². The standard InChI is InChI=1S/C26H23N3O5/c1-14-8-5-6-10-21(14)29-24(31)20(23(30)27-26(29)34)13-18-12-15(2)28(17(18)4)22-11-7-9-19(16(22)3)25(32)33/h5-13H,1-4H3,(H,32,33)(H,27,30,34)/b20-13-. The quantitative estimate of drug-likeness (QED) is 0.453. The summed E-state index contributed by atoms with van der Waals surface area (Å²) in [4.78, 5) is 50.9. The van der Waals surface area contributed by atoms with E-state index >= 15 is 0 Å². The van der Waals surface area contributed by atoms with E-state index in [0.29, 0.717) is 28.1 Å². The van der Waals surface area contributed by atoms with Crippen LogP contribution in [0.25, 0.3) is 11.8 Å². The topological polar surface area (TPSA) is 109 Å². The maximum absolute atomic E-state index is 13.3. The first kappa shape index (κ1) is 22.7. The molecule has 4 rings (SSSR count). The van der Waals surface area contributed by atoms with Crippen molar-refractivity contribution in [2.75, 3.05) is 4.90 Å². The van der Waals surface area contributed by atoms with Crippen molar-refractivity contribution in [2.45, 2.75) is 27.7 Å². The molecule has 2 N–H and O–H groups in total. The summed E-state index contributed by atoms with van der Waals surface area (Å²) >= 11 is 0. The van der Waals surface area contributed by atoms with E-state index in [2.05, 4.69) is 5.32 Å². The van der Waals surface area contributed by atoms with Gasteiger partial charge >= 0.3 is 12.0 Å². The van der Waals surface area contributed by atoms with Gasteiger partial charge in [0.05, 0.1) is 11.3 Å². The molecule has 0 unspecified atom stereocenters. The molecule has 1 aliphatic heterocycles. The number of rotatable bonds is 4. The van der Waals surface area contributed by atoms with Gasteiger partial charge in [-0.1, -0.05) is 24.3 Å². The molecule has 0 atom stereocenters. The van der Waals surface area contributed by atoms with Crippen LogP contribution in [-0.4, -0.2) is 33.5 Å². The molecule has 1 fully saturated rings. The summed E-state index contributed by atoms with van der Waals surface area (Å²) in [5, 5.41) is 11.7. The number of carbonyl (C=O) groups is 4. The van der Waals surface area contributed by atoms with Gasteiger partial charge in [-0.05, 0) is 74.7 Å². The van der Waals surface area contributed by atoms with Crippen LogP contribution in [0.2, 0.25) is 0 Å². The molecule has 1 aliphatic rings. The highest BCUT2D eigenvalue weighted by Gasteiger charge is 2.37. The fraction of sp³-hybridized carbons (Fsp3) is 0.154. The maximum atomic E-state index is 13.3. The number of nitrogens with one attached hydrogen (secondary N) is 1. The highest BCUT2D eigenvalue weighted by Crippen LogP contribution is 2.29. The average Bonchev–Trinajstić information content (AvgIpc) is 3.05. The Morgan fingerprint density at radius 3 is 2.29 bits per heavy atom. The molecule has 2 heterocycles. The van der Waals surface area contributed by atoms with Crippen LogP contribution in [0.5, 0.6) is 0 Å². The number of amides is 4. The van der Waals surface area contributed by atoms with E-state index in [-0.39, 0.29) is 11.1 Å². The van der Waals surface area contributed by atoms with E-state index in [1.807, 2.05) is 30.5 Å². The lowest BCUT2D eigenvalue weighted by atomic mass is 10.1. The largest absolute Gasteiger partial charge is 0.478 e. The zero-order chi connectivity index (χ0) is 24.7. The Labute approximate surface area is 196 Å². The van der Waals surface area contributed by atoms with Gasteiger partial charge in [0.25, 0.3) is 11.8 Å². The molecule has 0 bridgehead atoms. The molecule has 3 aromatic rings. The third-order valence-corrected chi connectivity index (χ3v) is 6.00. The maximum Gasteiger partial charge on any atom is 0.336 e. The van der Waals surface area contributed by atoms with Crippen LogP contribution < -0.4 is 10.2 Å². The number of carboxylic acid groups (broad SMARTS) is 1. The van der Waals surface area contributed by atoms with Crippen LogP contribution in [0.1, 0.15) is 38.4 Å². The fourth-order valence-electron chi connectivity index (χ4n) is 4.25. The van der Waals surface area contributed by atoms with Gasteiger partial charge in [-0.15, -0.1) is 0 Å². The third kappa shape index (κ3) is 3.69. The Hall–Kier alpha value is -4.46. The van der Waals surface area contributed by atoms with Gasteiger partial charge in [0.1, 0.15) is 5.57 Å². The summed E-state index contributed by atoms with van der Waals surface area (Å²) in [6, 6.07) is 13.0. The monoisotopic (exact) mass is 457 g/mol. The van der Waals surface area contributed by atoms with E-state index in [0.717, 1.165) is 16.3 Å². The minimum atomic E-state index is -1.02. The molecular formula is C26H23N3O5. The number of barbiturate groups is 1. The number of para-hydroxylation sites is 1. The molecule has 8 heteroatoms. The van der Waals surface area contributed by atoms with Gasteiger partial charge in [-0.2, -0.15) is 0 Å². The molecule has 0 radical (unpaired) electrons. The Bertz CT molecular complexity index is 1410. The van der Waals surface area contributed by atoms with Crippen molar-refractivity contribution in [1.29, 1.82) is 0 Å². The van der Waals surface area contributed by atoms with Crippen LogP contribution >= 0.6 is 0 Å². The second-order valence-electron chi connectivity index (χ2n) is 8.16. The number of carbonyl (C=O) groups excluding carboxylic acids is 3. The number of benzene rings is 2. The zero-order valence-electron chi connectivity index (χ0n) is 19.2. The molecule has 2 aromatic carbocycles. The van der Waals surface area contributed by atoms with Crippen molar-refractivity contribution in [3.8, 4) is 5.69 Å². The van der Waals surface area contributed by atoms with E-state index < -0.39 is 23.8 Å². The highest BCUT2D eigenvalue weighted by molar-refractivity contribution is 6.39. The van der Waals surface area contributed by atoms with Crippen LogP contribution in [0.3, 0.4) is 0 Å². The first-order chi connectivity index (χ1) is 16.1. The van der Waals surface area contributed by atoms with Crippen LogP contribution in [-0.2, 0) is 9.59 Å². The van der Waals surface area contributed by atoms with Crippen LogP contribution in [0, 0.1) is 27.7 Å². The number of nitrogens with zero attached hydrogens (tertiary/aromatic N) is 2. The second-order valence-corrected chi connectivity index (χ2v) is 8.16. The number of anilines is 1. The summed E-state index contributed by atoms with van der Waals surface area (Å²) in [7, 11) is 0. The van der Waals surface area contributed by atoms with Gasteiger partial charge in [-0.25, -0.2) is 14.5 Å². The second kappa shape index (κ2) is 8.47. The van der Waals surface area contributed by atoms with Crippen molar-refractivity contribution < 1.29 is 24.3 Å². The lowest BCUT2D eigenvalue weighted by Crippen LogP contribution is -2.54. The number of hydrogen-bond donors (Lipinski definition) is 2. The predicted molar refractivity (Wildman–Crippen MR) is 127 cm³/mol. The summed E-state index contributed by atoms with van der Waals surface area (Å²) in [6.45, 7) is 7.19. The Morgan fingerprint density at radius 2 is 1.62 bits per heavy atom. The number of aryl methyl sites for hydroxylation is 2. The first-order valence-corrected chi connectivity index (χ1v) is 10.6. The molecule has 0 saturated carbocycles. The van der Waals surface area contributed by atoms with Crippen molar-refractivity contribution in [3.05, 3.63) is 87.7 Å². The predicted octanol–water partition coefficient (Wildman–Crippen LogP) is 4.08. The van der Waals surface area contributed by atoms with Gasteiger partial charge in [-0.3, -0.25) is 14.9 Å². The fourth-order valence-corrected chi connectivity index (χ4v) is 4.25. The van der Waals surface area contributed by atoms with E-state index in [4.69, 9.17) is 0 Å². The van der Waals surface area contributed by atoms with E-state index in [1.165, 1.54) is 6.08 Å². The number of imide groups is 2. The Morgan fingerprint density at radius 1 is 0.941 bits per heavy atom. The molecule has 172 valence electrons. The van der Waals surface area contributed by atoms with Crippen molar-refractivity contribution in [3.63, 3.8) is 0 Å². The zero-order valence-corrected chi connectivity index (χ0v) is 19.2. The lowest BCUT2D eigenvalue weighted by molar-refractivity contribution is -0.122. The average molecular weight is 457 g/mol. The molecule has 0 spiro atoms. The molecule has 8 nitrogen and oxygen atoms in total. The molecule has 34 heavy (non-hydrogen) atoms. The third-order valence-electron chi connectivity index (χ3n) is 6.00. The molecule has 4 amide bonds. The Balaban J connectivity index is 1.81.